The number of thioether (sulfide) groups is 1. The Bertz CT molecular complexity index is 680. The summed E-state index contributed by atoms with van der Waals surface area (Å²) < 4.78 is 11.1. The number of pyridine rings is 1. The quantitative estimate of drug-likeness (QED) is 0.592. The van der Waals surface area contributed by atoms with E-state index in [0.717, 1.165) is 34.8 Å². The lowest BCUT2D eigenvalue weighted by molar-refractivity contribution is -0.141. The molecule has 0 radical (unpaired) electrons. The molecule has 1 saturated heterocycles. The van der Waals surface area contributed by atoms with E-state index in [-0.39, 0.29) is 12.1 Å². The van der Waals surface area contributed by atoms with Gasteiger partial charge in [0.1, 0.15) is 18.5 Å². The topological polar surface area (TPSA) is 48.4 Å². The highest BCUT2D eigenvalue weighted by Crippen LogP contribution is 2.20. The van der Waals surface area contributed by atoms with Crippen molar-refractivity contribution >= 4 is 23.8 Å². The molecule has 0 bridgehead atoms. The molecule has 1 aliphatic heterocycles. The van der Waals surface area contributed by atoms with Crippen LogP contribution in [-0.4, -0.2) is 28.6 Å². The number of esters is 1. The van der Waals surface area contributed by atoms with Crippen molar-refractivity contribution in [2.75, 3.05) is 11.5 Å². The van der Waals surface area contributed by atoms with Crippen LogP contribution >= 0.6 is 11.8 Å². The number of aromatic nitrogens is 1. The SMILES string of the molecule is O=C(/C=C/c1ccc(OCc2cccnc2)cc1)O[C@H]1CCSC1. The van der Waals surface area contributed by atoms with Gasteiger partial charge in [-0.3, -0.25) is 4.98 Å². The van der Waals surface area contributed by atoms with Crippen LogP contribution in [0.5, 0.6) is 5.75 Å². The minimum Gasteiger partial charge on any atom is -0.489 e. The third kappa shape index (κ3) is 5.13. The first-order valence-corrected chi connectivity index (χ1v) is 9.03. The van der Waals surface area contributed by atoms with Crippen LogP contribution in [0.3, 0.4) is 0 Å². The summed E-state index contributed by atoms with van der Waals surface area (Å²) >= 11 is 1.82. The molecule has 0 amide bonds. The first-order chi connectivity index (χ1) is 11.8. The summed E-state index contributed by atoms with van der Waals surface area (Å²) in [6, 6.07) is 11.4. The zero-order valence-corrected chi connectivity index (χ0v) is 14.1. The monoisotopic (exact) mass is 341 g/mol. The predicted molar refractivity (Wildman–Crippen MR) is 95.9 cm³/mol. The number of rotatable bonds is 6. The van der Waals surface area contributed by atoms with Gasteiger partial charge < -0.3 is 9.47 Å². The Morgan fingerprint density at radius 2 is 2.17 bits per heavy atom. The molecule has 124 valence electrons. The smallest absolute Gasteiger partial charge is 0.331 e. The molecular weight excluding hydrogens is 322 g/mol. The van der Waals surface area contributed by atoms with Crippen LogP contribution in [0.25, 0.3) is 6.08 Å². The fourth-order valence-electron chi connectivity index (χ4n) is 2.30. The summed E-state index contributed by atoms with van der Waals surface area (Å²) in [5.41, 5.74) is 1.95. The van der Waals surface area contributed by atoms with Crippen molar-refractivity contribution in [1.29, 1.82) is 0 Å². The molecule has 0 N–H and O–H groups in total. The van der Waals surface area contributed by atoms with Gasteiger partial charge in [0.15, 0.2) is 0 Å². The molecule has 2 aromatic rings. The lowest BCUT2D eigenvalue weighted by Crippen LogP contribution is -2.15. The summed E-state index contributed by atoms with van der Waals surface area (Å²) in [6.07, 6.45) is 7.78. The highest BCUT2D eigenvalue weighted by Gasteiger charge is 2.18. The number of carbonyl (C=O) groups is 1. The Kier molecular flexibility index (Phi) is 5.90. The van der Waals surface area contributed by atoms with Crippen LogP contribution in [0.1, 0.15) is 17.5 Å². The highest BCUT2D eigenvalue weighted by atomic mass is 32.2. The summed E-state index contributed by atoms with van der Waals surface area (Å²) in [5.74, 6) is 2.48. The Balaban J connectivity index is 1.48. The van der Waals surface area contributed by atoms with Crippen LogP contribution < -0.4 is 4.74 Å². The van der Waals surface area contributed by atoms with Crippen LogP contribution in [0, 0.1) is 0 Å². The maximum atomic E-state index is 11.7. The van der Waals surface area contributed by atoms with E-state index in [4.69, 9.17) is 9.47 Å². The van der Waals surface area contributed by atoms with Crippen molar-refractivity contribution in [3.8, 4) is 5.75 Å². The molecule has 1 fully saturated rings. The van der Waals surface area contributed by atoms with E-state index in [2.05, 4.69) is 4.98 Å². The molecule has 24 heavy (non-hydrogen) atoms. The third-order valence-electron chi connectivity index (χ3n) is 3.59. The minimum absolute atomic E-state index is 0.0652. The largest absolute Gasteiger partial charge is 0.489 e. The molecule has 1 aromatic heterocycles. The van der Waals surface area contributed by atoms with Gasteiger partial charge in [0.25, 0.3) is 0 Å². The average molecular weight is 341 g/mol. The molecule has 0 unspecified atom stereocenters. The Labute approximate surface area is 145 Å². The van der Waals surface area contributed by atoms with Gasteiger partial charge in [-0.1, -0.05) is 18.2 Å². The lowest BCUT2D eigenvalue weighted by Gasteiger charge is -2.08. The average Bonchev–Trinajstić information content (AvgIpc) is 3.13. The molecule has 1 atom stereocenters. The van der Waals surface area contributed by atoms with Gasteiger partial charge in [-0.25, -0.2) is 4.79 Å². The van der Waals surface area contributed by atoms with Gasteiger partial charge in [-0.2, -0.15) is 11.8 Å². The number of ether oxygens (including phenoxy) is 2. The molecule has 0 saturated carbocycles. The molecule has 1 aromatic carbocycles. The van der Waals surface area contributed by atoms with Gasteiger partial charge in [-0.15, -0.1) is 0 Å². The molecule has 1 aliphatic rings. The maximum Gasteiger partial charge on any atom is 0.331 e. The zero-order chi connectivity index (χ0) is 16.6. The second kappa shape index (κ2) is 8.55. The van der Waals surface area contributed by atoms with E-state index in [1.165, 1.54) is 6.08 Å². The van der Waals surface area contributed by atoms with Crippen LogP contribution in [0.15, 0.2) is 54.9 Å². The first kappa shape index (κ1) is 16.6. The Morgan fingerprint density at radius 3 is 2.88 bits per heavy atom. The van der Waals surface area contributed by atoms with E-state index in [0.29, 0.717) is 6.61 Å². The standard InChI is InChI=1S/C19H19NO3S/c21-19(23-18-9-11-24-14-18)8-5-15-3-6-17(7-4-15)22-13-16-2-1-10-20-12-16/h1-8,10,12,18H,9,11,13-14H2/b8-5+/t18-/m0/s1. The lowest BCUT2D eigenvalue weighted by atomic mass is 10.2. The van der Waals surface area contributed by atoms with E-state index in [1.54, 1.807) is 18.5 Å². The molecule has 0 spiro atoms. The van der Waals surface area contributed by atoms with Gasteiger partial charge >= 0.3 is 5.97 Å². The molecule has 3 rings (SSSR count). The van der Waals surface area contributed by atoms with Crippen molar-refractivity contribution in [2.24, 2.45) is 0 Å². The van der Waals surface area contributed by atoms with Crippen molar-refractivity contribution in [3.63, 3.8) is 0 Å². The number of hydrogen-bond donors (Lipinski definition) is 0. The van der Waals surface area contributed by atoms with Gasteiger partial charge in [0.2, 0.25) is 0 Å². The number of carbonyl (C=O) groups excluding carboxylic acids is 1. The van der Waals surface area contributed by atoms with Crippen LogP contribution in [-0.2, 0) is 16.1 Å². The fourth-order valence-corrected chi connectivity index (χ4v) is 3.39. The molecule has 4 nitrogen and oxygen atoms in total. The normalized spacial score (nSPS) is 17.1. The van der Waals surface area contributed by atoms with Crippen LogP contribution in [0.2, 0.25) is 0 Å². The summed E-state index contributed by atoms with van der Waals surface area (Å²) in [7, 11) is 0. The summed E-state index contributed by atoms with van der Waals surface area (Å²) in [6.45, 7) is 0.481. The predicted octanol–water partition coefficient (Wildman–Crippen LogP) is 3.72. The van der Waals surface area contributed by atoms with Crippen molar-refractivity contribution in [2.45, 2.75) is 19.1 Å². The molecule has 2 heterocycles. The van der Waals surface area contributed by atoms with E-state index < -0.39 is 0 Å². The maximum absolute atomic E-state index is 11.7. The highest BCUT2D eigenvalue weighted by molar-refractivity contribution is 7.99. The second-order valence-electron chi connectivity index (χ2n) is 5.47. The van der Waals surface area contributed by atoms with Gasteiger partial charge in [0.05, 0.1) is 0 Å². The van der Waals surface area contributed by atoms with Gasteiger partial charge in [0, 0.05) is 29.8 Å². The first-order valence-electron chi connectivity index (χ1n) is 7.88. The van der Waals surface area contributed by atoms with Crippen molar-refractivity contribution in [3.05, 3.63) is 66.0 Å². The van der Waals surface area contributed by atoms with E-state index in [1.807, 2.05) is 48.2 Å². The summed E-state index contributed by atoms with van der Waals surface area (Å²) in [4.78, 5) is 15.8. The second-order valence-corrected chi connectivity index (χ2v) is 6.62. The zero-order valence-electron chi connectivity index (χ0n) is 13.3. The molecule has 0 aliphatic carbocycles. The molecular formula is C19H19NO3S. The van der Waals surface area contributed by atoms with E-state index >= 15 is 0 Å². The Hall–Kier alpha value is -2.27. The summed E-state index contributed by atoms with van der Waals surface area (Å²) in [5, 5.41) is 0. The van der Waals surface area contributed by atoms with Crippen LogP contribution in [0.4, 0.5) is 0 Å². The van der Waals surface area contributed by atoms with Crippen molar-refractivity contribution in [1.82, 2.24) is 4.98 Å². The number of hydrogen-bond acceptors (Lipinski definition) is 5. The number of nitrogens with zero attached hydrogens (tertiary/aromatic N) is 1. The third-order valence-corrected chi connectivity index (χ3v) is 4.72. The van der Waals surface area contributed by atoms with Gasteiger partial charge in [-0.05, 0) is 42.0 Å². The number of benzene rings is 1. The molecule has 5 heteroatoms. The Morgan fingerprint density at radius 1 is 1.29 bits per heavy atom. The minimum atomic E-state index is -0.278. The van der Waals surface area contributed by atoms with E-state index in [9.17, 15) is 4.79 Å². The van der Waals surface area contributed by atoms with Crippen molar-refractivity contribution < 1.29 is 14.3 Å². The fraction of sp³-hybridized carbons (Fsp3) is 0.263.